The fourth-order valence-electron chi connectivity index (χ4n) is 21.7. The number of para-hydroxylation sites is 6. The molecule has 0 aliphatic heterocycles. The molecule has 0 radical (unpaired) electrons. The van der Waals surface area contributed by atoms with E-state index in [9.17, 15) is 0 Å². The molecular weight excluding hydrogens is 1830 g/mol. The molecule has 12 heterocycles. The molecular formula is C134H86N16. The van der Waals surface area contributed by atoms with Gasteiger partial charge in [0, 0.05) is 124 Å². The van der Waals surface area contributed by atoms with Crippen LogP contribution in [-0.4, -0.2) is 77.2 Å². The first kappa shape index (κ1) is 87.2. The summed E-state index contributed by atoms with van der Waals surface area (Å²) >= 11 is 0. The molecule has 0 amide bonds. The predicted molar refractivity (Wildman–Crippen MR) is 612 cm³/mol. The molecule has 30 aromatic rings. The van der Waals surface area contributed by atoms with Gasteiger partial charge in [-0.25, -0.2) is 24.9 Å². The van der Waals surface area contributed by atoms with Crippen LogP contribution in [0, 0.1) is 0 Å². The lowest BCUT2D eigenvalue weighted by Crippen LogP contribution is -2.06. The summed E-state index contributed by atoms with van der Waals surface area (Å²) in [5.74, 6) is 3.85. The van der Waals surface area contributed by atoms with Crippen LogP contribution in [0.25, 0.3) is 267 Å². The van der Waals surface area contributed by atoms with E-state index in [4.69, 9.17) is 49.8 Å². The zero-order valence-corrected chi connectivity index (χ0v) is 80.8. The van der Waals surface area contributed by atoms with E-state index in [0.29, 0.717) is 29.4 Å². The molecule has 0 aliphatic carbocycles. The van der Waals surface area contributed by atoms with Gasteiger partial charge in [-0.1, -0.05) is 346 Å². The number of nitrogens with zero attached hydrogens (tertiary/aromatic N) is 16. The van der Waals surface area contributed by atoms with E-state index < -0.39 is 0 Å². The Hall–Kier alpha value is -20.6. The van der Waals surface area contributed by atoms with Crippen molar-refractivity contribution in [1.82, 2.24) is 77.2 Å². The summed E-state index contributed by atoms with van der Waals surface area (Å²) in [5, 5.41) is 10.6. The number of hydrogen-bond donors (Lipinski definition) is 0. The van der Waals surface area contributed by atoms with Gasteiger partial charge in [-0.3, -0.25) is 28.7 Å². The molecule has 0 aliphatic rings. The van der Waals surface area contributed by atoms with E-state index in [1.54, 1.807) is 0 Å². The zero-order chi connectivity index (χ0) is 99.1. The van der Waals surface area contributed by atoms with E-state index in [-0.39, 0.29) is 0 Å². The van der Waals surface area contributed by atoms with Gasteiger partial charge in [0.05, 0.1) is 99.8 Å². The van der Waals surface area contributed by atoms with Crippen LogP contribution < -0.4 is 0 Å². The highest BCUT2D eigenvalue weighted by Crippen LogP contribution is 2.45. The standard InChI is InChI=1S/2C45H29N5.C44H28N6/c1-4-13-30(14-5-1)38-29-39(31-15-6-2-7-16-31)48-45(47-38)50-41-21-12-26-46-44(41)37-25-23-33(28-43(37)50)32-22-24-36-35-19-10-11-20-40(35)49(42(36)27-32)34-17-8-3-9-18-34;1-4-13-30(14-5-1)38-29-43(48-45(47-38)31-15-6-2-7-16-31)50-40-21-12-26-46-44(40)37-25-23-33(28-42(37)50)32-22-24-36-35-19-10-11-20-39(35)49(41(36)27-32)34-17-8-3-9-18-34;1-4-13-29(14-5-1)42-46-43(30-15-6-2-7-16-30)48-44(47-42)50-38-21-12-26-45-41(38)36-25-23-32(28-40(36)50)31-22-24-35-34-19-10-11-20-37(34)49(39(35)27-31)33-17-8-3-9-18-33/h2*1-29H;1-28H. The maximum absolute atomic E-state index is 5.21. The molecule has 0 bridgehead atoms. The van der Waals surface area contributed by atoms with E-state index in [0.717, 1.165) is 178 Å². The molecule has 12 aromatic heterocycles. The van der Waals surface area contributed by atoms with Crippen molar-refractivity contribution in [1.29, 1.82) is 0 Å². The summed E-state index contributed by atoms with van der Waals surface area (Å²) in [5.41, 5.74) is 34.4. The monoisotopic (exact) mass is 1920 g/mol. The second kappa shape index (κ2) is 37.0. The zero-order valence-electron chi connectivity index (χ0n) is 80.8. The normalized spacial score (nSPS) is 11.6. The Bertz CT molecular complexity index is 9330. The van der Waals surface area contributed by atoms with Gasteiger partial charge in [0.2, 0.25) is 11.9 Å². The molecule has 0 N–H and O–H groups in total. The summed E-state index contributed by atoms with van der Waals surface area (Å²) in [4.78, 5) is 50.3. The number of fused-ring (bicyclic) bond motifs is 18. The van der Waals surface area contributed by atoms with E-state index >= 15 is 0 Å². The quantitative estimate of drug-likeness (QED) is 0.0967. The third-order valence-corrected chi connectivity index (χ3v) is 28.6. The first-order chi connectivity index (χ1) is 74.4. The predicted octanol–water partition coefficient (Wildman–Crippen LogP) is 32.6. The van der Waals surface area contributed by atoms with Crippen molar-refractivity contribution in [2.45, 2.75) is 0 Å². The number of benzene rings is 18. The smallest absolute Gasteiger partial charge is 0.238 e. The van der Waals surface area contributed by atoms with Crippen LogP contribution in [0.2, 0.25) is 0 Å². The lowest BCUT2D eigenvalue weighted by atomic mass is 10.0. The Labute approximate surface area is 860 Å². The van der Waals surface area contributed by atoms with Gasteiger partial charge in [0.25, 0.3) is 0 Å². The Balaban J connectivity index is 0.000000108. The Morgan fingerprint density at radius 3 is 0.700 bits per heavy atom. The highest BCUT2D eigenvalue weighted by molar-refractivity contribution is 6.16. The topological polar surface area (TPSA) is 158 Å². The molecule has 702 valence electrons. The molecule has 0 atom stereocenters. The minimum atomic E-state index is 0.544. The van der Waals surface area contributed by atoms with Crippen LogP contribution in [0.5, 0.6) is 0 Å². The van der Waals surface area contributed by atoms with Crippen molar-refractivity contribution >= 4 is 131 Å². The summed E-state index contributed by atoms with van der Waals surface area (Å²) in [6, 6.07) is 176. The van der Waals surface area contributed by atoms with Crippen LogP contribution >= 0.6 is 0 Å². The second-order valence-corrected chi connectivity index (χ2v) is 37.4. The van der Waals surface area contributed by atoms with E-state index in [1.807, 2.05) is 170 Å². The highest BCUT2D eigenvalue weighted by Gasteiger charge is 2.27. The van der Waals surface area contributed by atoms with Gasteiger partial charge in [0.1, 0.15) is 5.82 Å². The molecule has 18 aromatic carbocycles. The number of hydrogen-bond acceptors (Lipinski definition) is 10. The van der Waals surface area contributed by atoms with Crippen molar-refractivity contribution in [2.24, 2.45) is 0 Å². The Morgan fingerprint density at radius 1 is 0.133 bits per heavy atom. The molecule has 0 saturated heterocycles. The molecule has 30 rings (SSSR count). The average Bonchev–Trinajstić information content (AvgIpc) is 1.58. The van der Waals surface area contributed by atoms with Crippen LogP contribution in [0.1, 0.15) is 0 Å². The lowest BCUT2D eigenvalue weighted by molar-refractivity contribution is 0.953. The van der Waals surface area contributed by atoms with Crippen molar-refractivity contribution in [3.05, 3.63) is 522 Å². The molecule has 0 fully saturated rings. The van der Waals surface area contributed by atoms with E-state index in [2.05, 4.69) is 379 Å². The van der Waals surface area contributed by atoms with Gasteiger partial charge in [-0.15, -0.1) is 0 Å². The van der Waals surface area contributed by atoms with Crippen molar-refractivity contribution in [3.8, 4) is 136 Å². The molecule has 150 heavy (non-hydrogen) atoms. The SMILES string of the molecule is c1ccc(-c2cc(-c3ccccc3)nc(-n3c4cc(-c5ccc6c7ccccc7n(-c7ccccc7)c6c5)ccc4c4ncccc43)n2)cc1.c1ccc(-c2cc(-n3c4cc(-c5ccc6c7ccccc7n(-c7ccccc7)c6c5)ccc4c4ncccc43)nc(-c3ccccc3)n2)cc1.c1ccc(-c2nc(-c3ccccc3)nc(-n3c4cc(-c5ccc6c7ccccc7n(-c7ccccc7)c6c5)ccc4c4ncccc43)n2)cc1. The Kier molecular flexibility index (Phi) is 21.5. The van der Waals surface area contributed by atoms with Crippen molar-refractivity contribution in [3.63, 3.8) is 0 Å². The second-order valence-electron chi connectivity index (χ2n) is 37.4. The largest absolute Gasteiger partial charge is 0.309 e. The molecule has 0 spiro atoms. The van der Waals surface area contributed by atoms with Crippen molar-refractivity contribution in [2.75, 3.05) is 0 Å². The molecule has 0 unspecified atom stereocenters. The maximum atomic E-state index is 5.21. The number of rotatable bonds is 15. The van der Waals surface area contributed by atoms with Gasteiger partial charge < -0.3 is 13.7 Å². The van der Waals surface area contributed by atoms with Crippen LogP contribution in [-0.2, 0) is 0 Å². The summed E-state index contributed by atoms with van der Waals surface area (Å²) in [6.07, 6.45) is 5.56. The third-order valence-electron chi connectivity index (χ3n) is 28.6. The maximum Gasteiger partial charge on any atom is 0.238 e. The highest BCUT2D eigenvalue weighted by atomic mass is 15.2. The van der Waals surface area contributed by atoms with Crippen LogP contribution in [0.3, 0.4) is 0 Å². The van der Waals surface area contributed by atoms with Gasteiger partial charge in [-0.05, 0) is 185 Å². The summed E-state index contributed by atoms with van der Waals surface area (Å²) < 4.78 is 13.6. The van der Waals surface area contributed by atoms with Gasteiger partial charge in [0.15, 0.2) is 17.5 Å². The minimum absolute atomic E-state index is 0.544. The molecule has 16 nitrogen and oxygen atoms in total. The first-order valence-corrected chi connectivity index (χ1v) is 50.2. The third kappa shape index (κ3) is 15.4. The average molecular weight is 1920 g/mol. The number of aromatic nitrogens is 16. The molecule has 16 heteroatoms. The van der Waals surface area contributed by atoms with E-state index in [1.165, 1.54) is 59.9 Å². The fourth-order valence-corrected chi connectivity index (χ4v) is 21.7. The van der Waals surface area contributed by atoms with Gasteiger partial charge >= 0.3 is 0 Å². The summed E-state index contributed by atoms with van der Waals surface area (Å²) in [6.45, 7) is 0. The molecule has 0 saturated carbocycles. The fraction of sp³-hybridized carbons (Fsp3) is 0. The minimum Gasteiger partial charge on any atom is -0.309 e. The van der Waals surface area contributed by atoms with Crippen LogP contribution in [0.15, 0.2) is 522 Å². The summed E-state index contributed by atoms with van der Waals surface area (Å²) in [7, 11) is 0. The van der Waals surface area contributed by atoms with Crippen molar-refractivity contribution < 1.29 is 0 Å². The van der Waals surface area contributed by atoms with Gasteiger partial charge in [-0.2, -0.15) is 9.97 Å². The Morgan fingerprint density at radius 2 is 0.373 bits per heavy atom. The lowest BCUT2D eigenvalue weighted by Gasteiger charge is -2.12. The van der Waals surface area contributed by atoms with Crippen LogP contribution in [0.4, 0.5) is 0 Å². The first-order valence-electron chi connectivity index (χ1n) is 50.2. The number of pyridine rings is 3.